The number of rotatable bonds is 20. The van der Waals surface area contributed by atoms with Crippen LogP contribution in [0.3, 0.4) is 0 Å². The van der Waals surface area contributed by atoms with E-state index in [0.717, 1.165) is 215 Å². The maximum absolute atomic E-state index is 11.8. The molecule has 0 spiro atoms. The molecule has 0 unspecified atom stereocenters. The molecular formula is C101H77N27O4S4. The quantitative estimate of drug-likeness (QED) is 0.0317. The average Bonchev–Trinajstić information content (AvgIpc) is 1.63. The fourth-order valence-corrected chi connectivity index (χ4v) is 19.7. The van der Waals surface area contributed by atoms with Crippen molar-refractivity contribution in [1.29, 1.82) is 0 Å². The number of thiophene rings is 4. The predicted octanol–water partition coefficient (Wildman–Crippen LogP) is 21.7. The van der Waals surface area contributed by atoms with E-state index in [1.807, 2.05) is 153 Å². The number of benzene rings is 4. The van der Waals surface area contributed by atoms with E-state index in [1.54, 1.807) is 95.9 Å². The number of hydrogen-bond acceptors (Lipinski definition) is 27. The molecule has 11 N–H and O–H groups in total. The first-order valence-electron chi connectivity index (χ1n) is 42.9. The number of H-pyrrole nitrogens is 8. The van der Waals surface area contributed by atoms with Crippen molar-refractivity contribution in [3.8, 4) is 132 Å². The van der Waals surface area contributed by atoms with Gasteiger partial charge < -0.3 is 35.9 Å². The third-order valence-corrected chi connectivity index (χ3v) is 27.8. The number of ketones is 4. The third kappa shape index (κ3) is 16.9. The molecule has 0 amide bonds. The van der Waals surface area contributed by atoms with Gasteiger partial charge in [-0.15, -0.1) is 45.3 Å². The molecule has 0 aliphatic rings. The number of Topliss-reactive ketones (excluding diaryl/α,β-unsaturated/α-hetero) is 4. The van der Waals surface area contributed by atoms with Gasteiger partial charge in [0.05, 0.1) is 106 Å². The SMILES string of the molecule is CC(=O)c1ccc(-c2cncc3[nH]c(-c4n[nH]c5ccc(-c6cccnc6)cc45)nc23)s1.CC(=O)c1ccc(-c2cncc3[nH]c(-c4n[nH]c5ccc(-c6cncc(N(C)C)c6)cc45)nc23)s1.CC(=O)c1ccc(-c2cncc3[nH]c(-c4n[nH]c5ccc(-c6cncc(N)c6)cc45)nc23)s1.CCNCc1cncc(-c2ccc3[nH]nc(-c4nc5c(-c6ccc(C(C)=O)s6)cncc5[nH]4)c3c2)c1. The largest absolute Gasteiger partial charge is 0.397 e. The summed E-state index contributed by atoms with van der Waals surface area (Å²) in [6, 6.07) is 49.8. The Kier molecular flexibility index (Phi) is 22.8. The number of imidazole rings is 4. The van der Waals surface area contributed by atoms with Gasteiger partial charge in [-0.3, -0.25) is 79.4 Å². The smallest absolute Gasteiger partial charge is 0.169 e. The molecule has 0 saturated heterocycles. The first-order chi connectivity index (χ1) is 66.3. The highest BCUT2D eigenvalue weighted by atomic mass is 32.1. The van der Waals surface area contributed by atoms with Crippen molar-refractivity contribution < 1.29 is 19.2 Å². The molecule has 664 valence electrons. The van der Waals surface area contributed by atoms with Gasteiger partial charge in [0, 0.05) is 174 Å². The van der Waals surface area contributed by atoms with E-state index in [-0.39, 0.29) is 23.1 Å². The molecule has 0 aliphatic carbocycles. The van der Waals surface area contributed by atoms with Crippen LogP contribution in [0.25, 0.3) is 220 Å². The van der Waals surface area contributed by atoms with Gasteiger partial charge in [0.2, 0.25) is 0 Å². The summed E-state index contributed by atoms with van der Waals surface area (Å²) in [5.74, 6) is 2.80. The number of aromatic amines is 8. The van der Waals surface area contributed by atoms with Crippen molar-refractivity contribution in [1.82, 2.24) is 126 Å². The van der Waals surface area contributed by atoms with E-state index in [1.165, 1.54) is 45.3 Å². The van der Waals surface area contributed by atoms with Crippen LogP contribution >= 0.6 is 45.3 Å². The number of nitrogens with one attached hydrogen (secondary N) is 9. The number of nitrogens with two attached hydrogens (primary N) is 1. The van der Waals surface area contributed by atoms with Crippen LogP contribution in [0.5, 0.6) is 0 Å². The van der Waals surface area contributed by atoms with Crippen LogP contribution in [0.4, 0.5) is 11.4 Å². The summed E-state index contributed by atoms with van der Waals surface area (Å²) in [5.41, 5.74) is 33.4. The fraction of sp³-hybridized carbons (Fsp3) is 0.0891. The van der Waals surface area contributed by atoms with Crippen LogP contribution in [-0.4, -0.2) is 164 Å². The summed E-state index contributed by atoms with van der Waals surface area (Å²) >= 11 is 5.78. The molecule has 35 heteroatoms. The number of anilines is 2. The van der Waals surface area contributed by atoms with Crippen LogP contribution in [0.1, 0.15) is 78.9 Å². The number of hydrogen-bond donors (Lipinski definition) is 10. The lowest BCUT2D eigenvalue weighted by Gasteiger charge is -2.13. The standard InChI is InChI=1S/C27H23N7OS.C26H21N7OS.C24H17N7OS.C24H16N6OS/c1-3-28-10-16-8-18(12-29-11-16)17-4-5-21-19(9-17)26(34-33-21)27-31-22-14-30-13-20(25(22)32-27)24-7-6-23(36-24)15(2)35;1-14(34)22-6-7-23(35-22)19-12-28-13-21-24(19)30-26(29-21)25-18-9-15(4-5-20(18)31-32-25)16-8-17(33(2)3)11-27-10-16;1-12(32)20-4-5-21(33-20)17-10-27-11-19-22(17)29-24(28-19)23-16-7-13(2-3-18(16)30-31-23)14-6-15(25)9-26-8-14;1-13(31)20-6-7-21(32-20)17-11-26-12-19-22(17)28-24(27-19)23-16-9-14(4-5-18(16)29-30-23)15-3-2-8-25-10-15/h4-9,11-14,28H,3,10H2,1-2H3,(H,31,32)(H,33,34);4-13H,1-3H3,(H,29,30)(H,31,32);2-11H,25H2,1H3,(H,28,29)(H,30,31);2-12H,1H3,(H,27,28)(H,29,30). The summed E-state index contributed by atoms with van der Waals surface area (Å²) < 4.78 is 0. The van der Waals surface area contributed by atoms with E-state index in [9.17, 15) is 19.2 Å². The van der Waals surface area contributed by atoms with E-state index in [0.29, 0.717) is 54.2 Å². The van der Waals surface area contributed by atoms with Gasteiger partial charge in [0.25, 0.3) is 0 Å². The minimum atomic E-state index is 0.0447. The molecule has 4 aromatic carbocycles. The molecule has 24 rings (SSSR count). The number of carbonyl (C=O) groups excluding carboxylic acids is 4. The highest BCUT2D eigenvalue weighted by Crippen LogP contribution is 2.43. The normalized spacial score (nSPS) is 11.4. The van der Waals surface area contributed by atoms with Crippen LogP contribution in [0.15, 0.2) is 251 Å². The Morgan fingerprint density at radius 2 is 0.654 bits per heavy atom. The zero-order valence-electron chi connectivity index (χ0n) is 73.5. The number of pyridine rings is 8. The van der Waals surface area contributed by atoms with Crippen molar-refractivity contribution in [2.45, 2.75) is 41.2 Å². The first-order valence-corrected chi connectivity index (χ1v) is 46.2. The van der Waals surface area contributed by atoms with Gasteiger partial charge in [-0.05, 0) is 183 Å². The van der Waals surface area contributed by atoms with Crippen molar-refractivity contribution >= 4 is 168 Å². The number of nitrogen functional groups attached to an aromatic ring is 1. The maximum atomic E-state index is 11.8. The Morgan fingerprint density at radius 1 is 0.331 bits per heavy atom. The molecular weight excluding hydrogens is 1780 g/mol. The maximum Gasteiger partial charge on any atom is 0.169 e. The van der Waals surface area contributed by atoms with Crippen LogP contribution < -0.4 is 16.0 Å². The second kappa shape index (κ2) is 36.2. The van der Waals surface area contributed by atoms with E-state index in [2.05, 4.69) is 161 Å². The second-order valence-corrected chi connectivity index (χ2v) is 36.7. The van der Waals surface area contributed by atoms with Crippen LogP contribution in [-0.2, 0) is 6.54 Å². The highest BCUT2D eigenvalue weighted by Gasteiger charge is 2.25. The van der Waals surface area contributed by atoms with E-state index in [4.69, 9.17) is 25.7 Å². The highest BCUT2D eigenvalue weighted by molar-refractivity contribution is 7.18. The summed E-state index contributed by atoms with van der Waals surface area (Å²) in [7, 11) is 4.00. The van der Waals surface area contributed by atoms with Gasteiger partial charge in [0.15, 0.2) is 46.4 Å². The summed E-state index contributed by atoms with van der Waals surface area (Å²) in [6.07, 6.45) is 28.6. The Hall–Kier alpha value is -17.1. The van der Waals surface area contributed by atoms with Crippen molar-refractivity contribution in [2.75, 3.05) is 31.3 Å². The second-order valence-electron chi connectivity index (χ2n) is 32.3. The lowest BCUT2D eigenvalue weighted by atomic mass is 10.0. The molecule has 0 saturated carbocycles. The van der Waals surface area contributed by atoms with Crippen LogP contribution in [0.2, 0.25) is 0 Å². The predicted molar refractivity (Wildman–Crippen MR) is 538 cm³/mol. The minimum Gasteiger partial charge on any atom is -0.397 e. The first kappa shape index (κ1) is 85.6. The van der Waals surface area contributed by atoms with Crippen molar-refractivity contribution in [3.63, 3.8) is 0 Å². The lowest BCUT2D eigenvalue weighted by molar-refractivity contribution is 0.101. The monoisotopic (exact) mass is 1860 g/mol. The molecule has 0 fully saturated rings. The van der Waals surface area contributed by atoms with Gasteiger partial charge in [0.1, 0.15) is 44.8 Å². The average molecular weight is 1860 g/mol. The summed E-state index contributed by atoms with van der Waals surface area (Å²) in [6.45, 7) is 10.1. The Morgan fingerprint density at radius 3 is 0.978 bits per heavy atom. The molecule has 24 aromatic rings. The Labute approximate surface area is 787 Å². The zero-order chi connectivity index (χ0) is 92.9. The molecule has 20 aromatic heterocycles. The Balaban J connectivity index is 0.000000109. The molecule has 20 heterocycles. The molecule has 0 aliphatic heterocycles. The molecule has 31 nitrogen and oxygen atoms in total. The fourth-order valence-electron chi connectivity index (χ4n) is 16.1. The summed E-state index contributed by atoms with van der Waals surface area (Å²) in [4.78, 5) is 123. The molecule has 0 bridgehead atoms. The van der Waals surface area contributed by atoms with Gasteiger partial charge >= 0.3 is 0 Å². The van der Waals surface area contributed by atoms with E-state index >= 15 is 0 Å². The molecule has 0 atom stereocenters. The topological polar surface area (TPSA) is 442 Å². The van der Waals surface area contributed by atoms with Crippen LogP contribution in [0, 0.1) is 0 Å². The van der Waals surface area contributed by atoms with E-state index < -0.39 is 0 Å². The third-order valence-electron chi connectivity index (χ3n) is 23.0. The molecule has 136 heavy (non-hydrogen) atoms. The van der Waals surface area contributed by atoms with Gasteiger partial charge in [-0.25, -0.2) is 19.9 Å². The zero-order valence-corrected chi connectivity index (χ0v) is 76.8. The lowest BCUT2D eigenvalue weighted by Crippen LogP contribution is -2.11. The number of fused-ring (bicyclic) bond motifs is 8. The van der Waals surface area contributed by atoms with Crippen molar-refractivity contribution in [2.24, 2.45) is 0 Å². The van der Waals surface area contributed by atoms with Crippen molar-refractivity contribution in [3.05, 3.63) is 276 Å². The van der Waals surface area contributed by atoms with Gasteiger partial charge in [-0.1, -0.05) is 37.3 Å². The molecule has 0 radical (unpaired) electrons. The summed E-state index contributed by atoms with van der Waals surface area (Å²) in [5, 5.41) is 37.8. The minimum absolute atomic E-state index is 0.0447. The number of nitrogens with zero attached hydrogens (tertiary/aromatic N) is 17. The number of carbonyl (C=O) groups is 4. The number of aromatic nitrogens is 24. The van der Waals surface area contributed by atoms with Gasteiger partial charge in [-0.2, -0.15) is 20.4 Å². The Bertz CT molecular complexity index is 8750.